The first kappa shape index (κ1) is 21.6. The van der Waals surface area contributed by atoms with Gasteiger partial charge in [0.05, 0.1) is 0 Å². The minimum Gasteiger partial charge on any atom is -0.421 e. The highest BCUT2D eigenvalue weighted by Crippen LogP contribution is 2.51. The van der Waals surface area contributed by atoms with Gasteiger partial charge in [0.25, 0.3) is 0 Å². The van der Waals surface area contributed by atoms with Gasteiger partial charge in [-0.05, 0) is 35.8 Å². The third-order valence-electron chi connectivity index (χ3n) is 5.08. The van der Waals surface area contributed by atoms with Crippen LogP contribution in [0.15, 0.2) is 29.0 Å². The van der Waals surface area contributed by atoms with E-state index in [9.17, 15) is 4.79 Å². The van der Waals surface area contributed by atoms with Crippen molar-refractivity contribution in [3.05, 3.63) is 57.6 Å². The summed E-state index contributed by atoms with van der Waals surface area (Å²) in [5.41, 5.74) is 6.52. The number of fused-ring (bicyclic) bond motifs is 2. The van der Waals surface area contributed by atoms with Crippen molar-refractivity contribution in [3.8, 4) is 11.5 Å². The number of isocyanates is 1. The monoisotopic (exact) mass is 411 g/mol. The zero-order valence-corrected chi connectivity index (χ0v) is 19.5. The Hall–Kier alpha value is -2.15. The highest BCUT2D eigenvalue weighted by molar-refractivity contribution is 7.46. The first-order valence-corrected chi connectivity index (χ1v) is 11.0. The number of hydrogen-bond acceptors (Lipinski definition) is 4. The molecule has 0 aliphatic carbocycles. The molecule has 0 spiro atoms. The van der Waals surface area contributed by atoms with Crippen LogP contribution in [0.3, 0.4) is 0 Å². The Labute approximate surface area is 175 Å². The van der Waals surface area contributed by atoms with E-state index in [1.54, 1.807) is 6.08 Å². The van der Waals surface area contributed by atoms with E-state index in [0.717, 1.165) is 33.8 Å². The Balaban J connectivity index is 2.32. The highest BCUT2D eigenvalue weighted by atomic mass is 31.2. The fourth-order valence-electron chi connectivity index (χ4n) is 3.74. The summed E-state index contributed by atoms with van der Waals surface area (Å²) in [5, 5.41) is 0. The van der Waals surface area contributed by atoms with E-state index >= 15 is 0 Å². The van der Waals surface area contributed by atoms with Gasteiger partial charge in [0.1, 0.15) is 11.5 Å². The van der Waals surface area contributed by atoms with Crippen LogP contribution in [-0.4, -0.2) is 6.08 Å². The molecule has 0 unspecified atom stereocenters. The van der Waals surface area contributed by atoms with E-state index in [1.807, 2.05) is 0 Å². The molecule has 154 valence electrons. The van der Waals surface area contributed by atoms with Gasteiger partial charge in [0.2, 0.25) is 6.08 Å². The fourth-order valence-corrected chi connectivity index (χ4v) is 4.67. The van der Waals surface area contributed by atoms with Gasteiger partial charge in [-0.15, -0.1) is 4.76 Å². The average molecular weight is 411 g/mol. The molecule has 29 heavy (non-hydrogen) atoms. The Morgan fingerprint density at radius 1 is 0.828 bits per heavy atom. The number of carbonyl (C=O) groups excluding carboxylic acids is 1. The molecular weight excluding hydrogens is 381 g/mol. The van der Waals surface area contributed by atoms with E-state index in [0.29, 0.717) is 6.42 Å². The second-order valence-electron chi connectivity index (χ2n) is 9.89. The van der Waals surface area contributed by atoms with Crippen LogP contribution in [-0.2, 0) is 22.0 Å². The summed E-state index contributed by atoms with van der Waals surface area (Å²) in [6, 6.07) is 8.63. The molecule has 0 radical (unpaired) electrons. The van der Waals surface area contributed by atoms with Crippen LogP contribution in [0.1, 0.15) is 74.9 Å². The molecular formula is C24H30NO3P. The molecule has 1 aliphatic heterocycles. The first-order chi connectivity index (χ1) is 13.4. The van der Waals surface area contributed by atoms with Crippen LogP contribution < -0.4 is 9.05 Å². The number of hydrogen-bond donors (Lipinski definition) is 0. The lowest BCUT2D eigenvalue weighted by molar-refractivity contribution is 0.449. The predicted octanol–water partition coefficient (Wildman–Crippen LogP) is 6.82. The molecule has 0 saturated carbocycles. The summed E-state index contributed by atoms with van der Waals surface area (Å²) in [5.74, 6) is 1.55. The van der Waals surface area contributed by atoms with Gasteiger partial charge < -0.3 is 9.05 Å². The van der Waals surface area contributed by atoms with E-state index < -0.39 is 8.53 Å². The second kappa shape index (κ2) is 7.59. The molecule has 0 N–H and O–H groups in total. The van der Waals surface area contributed by atoms with Crippen LogP contribution in [0.4, 0.5) is 0 Å². The molecule has 0 amide bonds. The Bertz CT molecular complexity index is 921. The van der Waals surface area contributed by atoms with Crippen molar-refractivity contribution >= 4 is 14.6 Å². The van der Waals surface area contributed by atoms with Crippen molar-refractivity contribution in [2.75, 3.05) is 0 Å². The number of aryl methyl sites for hydroxylation is 2. The van der Waals surface area contributed by atoms with Gasteiger partial charge in [-0.3, -0.25) is 0 Å². The third-order valence-corrected chi connectivity index (χ3v) is 6.00. The summed E-state index contributed by atoms with van der Waals surface area (Å²) in [6.07, 6.45) is 2.34. The largest absolute Gasteiger partial charge is 0.449 e. The molecule has 5 heteroatoms. The predicted molar refractivity (Wildman–Crippen MR) is 119 cm³/mol. The van der Waals surface area contributed by atoms with Crippen LogP contribution in [0.5, 0.6) is 11.5 Å². The summed E-state index contributed by atoms with van der Waals surface area (Å²) in [7, 11) is -1.83. The fraction of sp³-hybridized carbons (Fsp3) is 0.458. The molecule has 0 bridgehead atoms. The maximum atomic E-state index is 11.1. The van der Waals surface area contributed by atoms with Crippen molar-refractivity contribution in [1.82, 2.24) is 0 Å². The van der Waals surface area contributed by atoms with E-state index in [2.05, 4.69) is 84.4 Å². The molecule has 0 atom stereocenters. The van der Waals surface area contributed by atoms with Crippen molar-refractivity contribution in [2.24, 2.45) is 4.76 Å². The molecule has 0 aromatic heterocycles. The SMILES string of the molecule is Cc1cc2c(c(C(C)(C)C)c1)OP(N=C=O)Oc1c(cc(C)cc1C(C)(C)C)C2. The maximum absolute atomic E-state index is 11.1. The van der Waals surface area contributed by atoms with E-state index in [-0.39, 0.29) is 10.8 Å². The lowest BCUT2D eigenvalue weighted by Gasteiger charge is -2.31. The van der Waals surface area contributed by atoms with Gasteiger partial charge >= 0.3 is 8.53 Å². The standard InChI is InChI=1S/C24H30NO3P/c1-15-9-17-13-18-10-16(2)12-20(24(6,7)8)22(18)28-29(25-14-26)27-21(17)19(11-15)23(3,4)5/h9-12H,13H2,1-8H3. The molecule has 0 saturated heterocycles. The van der Waals surface area contributed by atoms with Gasteiger partial charge in [-0.25, -0.2) is 4.79 Å². The van der Waals surface area contributed by atoms with Crippen LogP contribution in [0.25, 0.3) is 0 Å². The summed E-state index contributed by atoms with van der Waals surface area (Å²) < 4.78 is 16.4. The van der Waals surface area contributed by atoms with Gasteiger partial charge in [0.15, 0.2) is 0 Å². The van der Waals surface area contributed by atoms with Crippen LogP contribution in [0.2, 0.25) is 0 Å². The van der Waals surface area contributed by atoms with E-state index in [1.165, 1.54) is 11.1 Å². The summed E-state index contributed by atoms with van der Waals surface area (Å²) in [6.45, 7) is 17.2. The van der Waals surface area contributed by atoms with Crippen molar-refractivity contribution < 1.29 is 13.8 Å². The van der Waals surface area contributed by atoms with Gasteiger partial charge in [-0.2, -0.15) is 0 Å². The summed E-state index contributed by atoms with van der Waals surface area (Å²) >= 11 is 0. The lowest BCUT2D eigenvalue weighted by atomic mass is 9.81. The maximum Gasteiger partial charge on any atom is 0.449 e. The topological polar surface area (TPSA) is 47.9 Å². The molecule has 1 aliphatic rings. The Morgan fingerprint density at radius 3 is 1.59 bits per heavy atom. The molecule has 2 aromatic rings. The third kappa shape index (κ3) is 4.55. The lowest BCUT2D eigenvalue weighted by Crippen LogP contribution is -2.18. The van der Waals surface area contributed by atoms with Gasteiger partial charge in [-0.1, -0.05) is 76.9 Å². The molecule has 0 fully saturated rings. The zero-order valence-electron chi connectivity index (χ0n) is 18.6. The van der Waals surface area contributed by atoms with Gasteiger partial charge in [0, 0.05) is 17.5 Å². The highest BCUT2D eigenvalue weighted by Gasteiger charge is 2.32. The smallest absolute Gasteiger partial charge is 0.421 e. The minimum absolute atomic E-state index is 0.118. The first-order valence-electron chi connectivity index (χ1n) is 9.92. The molecule has 1 heterocycles. The Kier molecular flexibility index (Phi) is 5.64. The number of rotatable bonds is 1. The zero-order chi connectivity index (χ0) is 21.6. The minimum atomic E-state index is -1.83. The average Bonchev–Trinajstić information content (AvgIpc) is 2.55. The van der Waals surface area contributed by atoms with E-state index in [4.69, 9.17) is 9.05 Å². The molecule has 4 nitrogen and oxygen atoms in total. The number of nitrogens with zero attached hydrogens (tertiary/aromatic N) is 1. The molecule has 3 rings (SSSR count). The number of benzene rings is 2. The second-order valence-corrected chi connectivity index (χ2v) is 10.9. The summed E-state index contributed by atoms with van der Waals surface area (Å²) in [4.78, 5) is 11.1. The van der Waals surface area contributed by atoms with Crippen molar-refractivity contribution in [3.63, 3.8) is 0 Å². The Morgan fingerprint density at radius 2 is 1.24 bits per heavy atom. The van der Waals surface area contributed by atoms with Crippen molar-refractivity contribution in [2.45, 2.75) is 72.6 Å². The van der Waals surface area contributed by atoms with Crippen LogP contribution >= 0.6 is 8.53 Å². The van der Waals surface area contributed by atoms with Crippen molar-refractivity contribution in [1.29, 1.82) is 0 Å². The quantitative estimate of drug-likeness (QED) is 0.294. The normalized spacial score (nSPS) is 14.5. The van der Waals surface area contributed by atoms with Crippen LogP contribution in [0, 0.1) is 13.8 Å². The molecule has 2 aromatic carbocycles.